The highest BCUT2D eigenvalue weighted by molar-refractivity contribution is 5.96. The third-order valence-corrected chi connectivity index (χ3v) is 3.68. The monoisotopic (exact) mass is 339 g/mol. The predicted octanol–water partition coefficient (Wildman–Crippen LogP) is 2.30. The molecule has 0 saturated heterocycles. The number of carbonyl (C=O) groups is 3. The lowest BCUT2D eigenvalue weighted by molar-refractivity contribution is -0.120. The molecular formula is C19H21N3O3. The average molecular weight is 339 g/mol. The van der Waals surface area contributed by atoms with Gasteiger partial charge in [0.25, 0.3) is 0 Å². The zero-order valence-electron chi connectivity index (χ0n) is 14.2. The fourth-order valence-electron chi connectivity index (χ4n) is 2.44. The molecule has 0 unspecified atom stereocenters. The molecule has 2 aromatic rings. The maximum Gasteiger partial charge on any atom is 0.248 e. The van der Waals surface area contributed by atoms with Crippen LogP contribution < -0.4 is 16.4 Å². The fourth-order valence-corrected chi connectivity index (χ4v) is 2.44. The van der Waals surface area contributed by atoms with Crippen molar-refractivity contribution in [1.29, 1.82) is 0 Å². The van der Waals surface area contributed by atoms with Crippen LogP contribution in [0.15, 0.2) is 48.5 Å². The zero-order valence-corrected chi connectivity index (χ0v) is 14.2. The number of primary amides is 1. The lowest BCUT2D eigenvalue weighted by atomic mass is 10.0. The maximum absolute atomic E-state index is 12.3. The number of nitrogens with one attached hydrogen (secondary N) is 2. The number of benzene rings is 2. The predicted molar refractivity (Wildman–Crippen MR) is 95.9 cm³/mol. The first-order valence-corrected chi connectivity index (χ1v) is 7.88. The van der Waals surface area contributed by atoms with Gasteiger partial charge in [-0.2, -0.15) is 0 Å². The molecule has 130 valence electrons. The van der Waals surface area contributed by atoms with E-state index < -0.39 is 11.9 Å². The van der Waals surface area contributed by atoms with Crippen LogP contribution in [0.3, 0.4) is 0 Å². The molecule has 2 aromatic carbocycles. The molecule has 0 aliphatic carbocycles. The van der Waals surface area contributed by atoms with Crippen molar-refractivity contribution < 1.29 is 14.4 Å². The molecule has 6 nitrogen and oxygen atoms in total. The van der Waals surface area contributed by atoms with E-state index in [1.807, 2.05) is 31.2 Å². The van der Waals surface area contributed by atoms with Crippen molar-refractivity contribution >= 4 is 23.4 Å². The Morgan fingerprint density at radius 3 is 2.36 bits per heavy atom. The number of anilines is 1. The minimum Gasteiger partial charge on any atom is -0.366 e. The smallest absolute Gasteiger partial charge is 0.248 e. The summed E-state index contributed by atoms with van der Waals surface area (Å²) in [6, 6.07) is 13.6. The van der Waals surface area contributed by atoms with Gasteiger partial charge in [0.2, 0.25) is 17.7 Å². The van der Waals surface area contributed by atoms with E-state index in [9.17, 15) is 14.4 Å². The second kappa shape index (κ2) is 8.10. The van der Waals surface area contributed by atoms with E-state index in [0.29, 0.717) is 11.3 Å². The van der Waals surface area contributed by atoms with Gasteiger partial charge >= 0.3 is 0 Å². The maximum atomic E-state index is 12.3. The normalized spacial score (nSPS) is 11.4. The number of rotatable bonds is 6. The molecule has 25 heavy (non-hydrogen) atoms. The number of carbonyl (C=O) groups excluding carboxylic acids is 3. The molecule has 0 fully saturated rings. The van der Waals surface area contributed by atoms with Gasteiger partial charge in [0.1, 0.15) is 0 Å². The average Bonchev–Trinajstić information content (AvgIpc) is 2.54. The Hall–Kier alpha value is -3.15. The summed E-state index contributed by atoms with van der Waals surface area (Å²) in [6.45, 7) is 3.38. The summed E-state index contributed by atoms with van der Waals surface area (Å²) in [5.74, 6) is -1.05. The van der Waals surface area contributed by atoms with E-state index in [0.717, 1.165) is 11.1 Å². The summed E-state index contributed by atoms with van der Waals surface area (Å²) in [4.78, 5) is 35.0. The molecule has 4 N–H and O–H groups in total. The molecule has 0 heterocycles. The second-order valence-electron chi connectivity index (χ2n) is 5.86. The summed E-state index contributed by atoms with van der Waals surface area (Å²) in [7, 11) is 0. The Morgan fingerprint density at radius 2 is 1.76 bits per heavy atom. The number of amides is 3. The van der Waals surface area contributed by atoms with Crippen LogP contribution >= 0.6 is 0 Å². The molecule has 0 bridgehead atoms. The van der Waals surface area contributed by atoms with Crippen molar-refractivity contribution in [2.24, 2.45) is 5.73 Å². The summed E-state index contributed by atoms with van der Waals surface area (Å²) < 4.78 is 0. The lowest BCUT2D eigenvalue weighted by Crippen LogP contribution is -2.29. The summed E-state index contributed by atoms with van der Waals surface area (Å²) in [5.41, 5.74) is 7.98. The molecule has 6 heteroatoms. The minimum atomic E-state index is -0.563. The van der Waals surface area contributed by atoms with Crippen molar-refractivity contribution in [1.82, 2.24) is 5.32 Å². The molecule has 0 spiro atoms. The van der Waals surface area contributed by atoms with Crippen LogP contribution in [0.5, 0.6) is 0 Å². The molecule has 0 aromatic heterocycles. The first-order chi connectivity index (χ1) is 11.8. The van der Waals surface area contributed by atoms with Gasteiger partial charge in [-0.05, 0) is 30.7 Å². The quantitative estimate of drug-likeness (QED) is 0.752. The van der Waals surface area contributed by atoms with Crippen LogP contribution in [0.1, 0.15) is 40.9 Å². The van der Waals surface area contributed by atoms with E-state index in [1.165, 1.54) is 13.0 Å². The van der Waals surface area contributed by atoms with Crippen molar-refractivity contribution in [3.8, 4) is 0 Å². The second-order valence-corrected chi connectivity index (χ2v) is 5.86. The van der Waals surface area contributed by atoms with Gasteiger partial charge in [-0.15, -0.1) is 0 Å². The molecule has 3 amide bonds. The molecule has 0 aliphatic rings. The molecule has 1 atom stereocenters. The Balaban J connectivity index is 2.11. The fraction of sp³-hybridized carbons (Fsp3) is 0.211. The van der Waals surface area contributed by atoms with Gasteiger partial charge in [0, 0.05) is 18.2 Å². The Kier molecular flexibility index (Phi) is 5.89. The number of hydrogen-bond acceptors (Lipinski definition) is 3. The van der Waals surface area contributed by atoms with Crippen molar-refractivity contribution in [2.75, 3.05) is 5.32 Å². The van der Waals surface area contributed by atoms with Crippen LogP contribution in [0.2, 0.25) is 0 Å². The molecule has 0 saturated carbocycles. The van der Waals surface area contributed by atoms with Gasteiger partial charge in [-0.25, -0.2) is 0 Å². The van der Waals surface area contributed by atoms with E-state index in [-0.39, 0.29) is 18.2 Å². The lowest BCUT2D eigenvalue weighted by Gasteiger charge is -2.18. The molecule has 2 rings (SSSR count). The first-order valence-electron chi connectivity index (χ1n) is 7.88. The van der Waals surface area contributed by atoms with Crippen LogP contribution in [-0.2, 0) is 9.59 Å². The highest BCUT2D eigenvalue weighted by Gasteiger charge is 2.17. The van der Waals surface area contributed by atoms with Crippen LogP contribution in [0.4, 0.5) is 5.69 Å². The third kappa shape index (κ3) is 5.46. The Bertz CT molecular complexity index is 785. The molecule has 0 aliphatic heterocycles. The Morgan fingerprint density at radius 1 is 1.08 bits per heavy atom. The van der Waals surface area contributed by atoms with E-state index in [2.05, 4.69) is 10.6 Å². The Labute approximate surface area is 146 Å². The van der Waals surface area contributed by atoms with Crippen molar-refractivity contribution in [2.45, 2.75) is 26.3 Å². The van der Waals surface area contributed by atoms with Gasteiger partial charge in [-0.3, -0.25) is 14.4 Å². The van der Waals surface area contributed by atoms with E-state index in [1.54, 1.807) is 18.2 Å². The highest BCUT2D eigenvalue weighted by atomic mass is 16.2. The highest BCUT2D eigenvalue weighted by Crippen LogP contribution is 2.19. The van der Waals surface area contributed by atoms with E-state index in [4.69, 9.17) is 5.73 Å². The number of hydrogen-bond donors (Lipinski definition) is 3. The van der Waals surface area contributed by atoms with Crippen molar-refractivity contribution in [3.05, 3.63) is 65.2 Å². The van der Waals surface area contributed by atoms with Crippen molar-refractivity contribution in [3.63, 3.8) is 0 Å². The molecular weight excluding hydrogens is 318 g/mol. The van der Waals surface area contributed by atoms with Gasteiger partial charge in [0.05, 0.1) is 12.5 Å². The van der Waals surface area contributed by atoms with Gasteiger partial charge in [-0.1, -0.05) is 35.9 Å². The SMILES string of the molecule is CC(=O)N[C@@H](CC(=O)Nc1cccc(C(N)=O)c1)c1ccc(C)cc1. The van der Waals surface area contributed by atoms with Gasteiger partial charge < -0.3 is 16.4 Å². The molecule has 0 radical (unpaired) electrons. The van der Waals surface area contributed by atoms with Crippen LogP contribution in [0, 0.1) is 6.92 Å². The summed E-state index contributed by atoms with van der Waals surface area (Å²) in [6.07, 6.45) is 0.0729. The summed E-state index contributed by atoms with van der Waals surface area (Å²) in [5, 5.41) is 5.51. The first kappa shape index (κ1) is 18.2. The van der Waals surface area contributed by atoms with Gasteiger partial charge in [0.15, 0.2) is 0 Å². The summed E-state index contributed by atoms with van der Waals surface area (Å²) >= 11 is 0. The van der Waals surface area contributed by atoms with Crippen LogP contribution in [-0.4, -0.2) is 17.7 Å². The zero-order chi connectivity index (χ0) is 18.4. The third-order valence-electron chi connectivity index (χ3n) is 3.68. The van der Waals surface area contributed by atoms with E-state index >= 15 is 0 Å². The standard InChI is InChI=1S/C19H21N3O3/c1-12-6-8-14(9-7-12)17(21-13(2)23)11-18(24)22-16-5-3-4-15(10-16)19(20)25/h3-10,17H,11H2,1-2H3,(H2,20,25)(H,21,23)(H,22,24)/t17-/m0/s1. The topological polar surface area (TPSA) is 101 Å². The number of aryl methyl sites for hydroxylation is 1. The largest absolute Gasteiger partial charge is 0.366 e. The minimum absolute atomic E-state index is 0.0729. The van der Waals surface area contributed by atoms with Crippen LogP contribution in [0.25, 0.3) is 0 Å². The number of nitrogens with two attached hydrogens (primary N) is 1.